The lowest BCUT2D eigenvalue weighted by Gasteiger charge is -2.27. The van der Waals surface area contributed by atoms with Gasteiger partial charge in [-0.25, -0.2) is 0 Å². The van der Waals surface area contributed by atoms with E-state index in [-0.39, 0.29) is 5.91 Å². The molecule has 1 atom stereocenters. The Morgan fingerprint density at radius 3 is 2.53 bits per heavy atom. The van der Waals surface area contributed by atoms with E-state index >= 15 is 0 Å². The molecule has 4 nitrogen and oxygen atoms in total. The summed E-state index contributed by atoms with van der Waals surface area (Å²) in [5.74, 6) is 0.0240. The smallest absolute Gasteiger partial charge is 0.220 e. The van der Waals surface area contributed by atoms with Gasteiger partial charge in [0, 0.05) is 19.5 Å². The van der Waals surface area contributed by atoms with Crippen LogP contribution in [0.1, 0.15) is 33.1 Å². The van der Waals surface area contributed by atoms with Crippen LogP contribution in [0.4, 0.5) is 0 Å². The zero-order valence-electron chi connectivity index (χ0n) is 10.3. The number of rotatable bonds is 7. The first-order valence-corrected chi connectivity index (χ1v) is 5.51. The van der Waals surface area contributed by atoms with Gasteiger partial charge in [0.05, 0.1) is 5.60 Å². The molecule has 0 aliphatic rings. The first-order chi connectivity index (χ1) is 6.87. The zero-order valence-corrected chi connectivity index (χ0v) is 10.3. The van der Waals surface area contributed by atoms with Gasteiger partial charge in [0.15, 0.2) is 0 Å². The van der Waals surface area contributed by atoms with E-state index in [1.165, 1.54) is 0 Å². The molecule has 0 bridgehead atoms. The van der Waals surface area contributed by atoms with E-state index in [9.17, 15) is 9.90 Å². The number of likely N-dealkylation sites (N-methyl/N-ethyl adjacent to an activating group) is 1. The summed E-state index contributed by atoms with van der Waals surface area (Å²) in [5.41, 5.74) is -0.856. The van der Waals surface area contributed by atoms with Crippen molar-refractivity contribution in [2.24, 2.45) is 0 Å². The summed E-state index contributed by atoms with van der Waals surface area (Å²) in [6, 6.07) is 0. The van der Waals surface area contributed by atoms with E-state index in [0.717, 1.165) is 12.8 Å². The number of unbranched alkanes of at least 4 members (excludes halogenated alkanes) is 1. The van der Waals surface area contributed by atoms with E-state index in [2.05, 4.69) is 12.2 Å². The van der Waals surface area contributed by atoms with Crippen LogP contribution in [0.15, 0.2) is 0 Å². The third-order valence-corrected chi connectivity index (χ3v) is 2.08. The lowest BCUT2D eigenvalue weighted by molar-refractivity contribution is -0.122. The Hall–Kier alpha value is -0.610. The summed E-state index contributed by atoms with van der Waals surface area (Å²) in [7, 11) is 3.79. The molecule has 0 heterocycles. The molecule has 0 aromatic heterocycles. The highest BCUT2D eigenvalue weighted by molar-refractivity contribution is 5.75. The van der Waals surface area contributed by atoms with Crippen LogP contribution in [-0.4, -0.2) is 48.7 Å². The molecule has 0 radical (unpaired) electrons. The minimum atomic E-state index is -0.856. The van der Waals surface area contributed by atoms with Gasteiger partial charge in [-0.1, -0.05) is 13.3 Å². The second-order valence-corrected chi connectivity index (χ2v) is 4.62. The normalized spacial score (nSPS) is 15.1. The number of carbonyl (C=O) groups is 1. The molecule has 0 aliphatic carbocycles. The summed E-state index contributed by atoms with van der Waals surface area (Å²) in [5, 5.41) is 12.7. The molecular formula is C11H24N2O2. The SMILES string of the molecule is CCCCC(=O)NCC(C)(O)CN(C)C. The first-order valence-electron chi connectivity index (χ1n) is 5.51. The molecule has 1 amide bonds. The van der Waals surface area contributed by atoms with Crippen molar-refractivity contribution in [2.45, 2.75) is 38.7 Å². The van der Waals surface area contributed by atoms with Crippen LogP contribution in [0, 0.1) is 0 Å². The molecule has 0 aromatic carbocycles. The Labute approximate surface area is 92.7 Å². The minimum Gasteiger partial charge on any atom is -0.387 e. The quantitative estimate of drug-likeness (QED) is 0.655. The summed E-state index contributed by atoms with van der Waals surface area (Å²) >= 11 is 0. The van der Waals surface area contributed by atoms with Gasteiger partial charge >= 0.3 is 0 Å². The van der Waals surface area contributed by atoms with Crippen molar-refractivity contribution in [1.29, 1.82) is 0 Å². The van der Waals surface area contributed by atoms with Crippen molar-refractivity contribution in [2.75, 3.05) is 27.2 Å². The zero-order chi connectivity index (χ0) is 11.9. The Morgan fingerprint density at radius 2 is 2.07 bits per heavy atom. The number of hydrogen-bond acceptors (Lipinski definition) is 3. The molecule has 0 rings (SSSR count). The Balaban J connectivity index is 3.77. The van der Waals surface area contributed by atoms with Gasteiger partial charge in [-0.05, 0) is 27.4 Å². The number of nitrogens with zero attached hydrogens (tertiary/aromatic N) is 1. The van der Waals surface area contributed by atoms with Crippen molar-refractivity contribution in [3.05, 3.63) is 0 Å². The van der Waals surface area contributed by atoms with E-state index in [4.69, 9.17) is 0 Å². The molecular weight excluding hydrogens is 192 g/mol. The summed E-state index contributed by atoms with van der Waals surface area (Å²) in [6.07, 6.45) is 2.47. The average molecular weight is 216 g/mol. The van der Waals surface area contributed by atoms with Crippen LogP contribution in [0.2, 0.25) is 0 Å². The standard InChI is InChI=1S/C11H24N2O2/c1-5-6-7-10(14)12-8-11(2,15)9-13(3)4/h15H,5-9H2,1-4H3,(H,12,14). The molecule has 0 saturated carbocycles. The average Bonchev–Trinajstić information content (AvgIpc) is 2.09. The second kappa shape index (κ2) is 6.80. The van der Waals surface area contributed by atoms with Gasteiger partial charge in [-0.2, -0.15) is 0 Å². The van der Waals surface area contributed by atoms with Crippen LogP contribution in [0.3, 0.4) is 0 Å². The molecule has 90 valence electrons. The maximum absolute atomic E-state index is 11.3. The molecule has 0 spiro atoms. The van der Waals surface area contributed by atoms with Gasteiger partial charge in [0.2, 0.25) is 5.91 Å². The third-order valence-electron chi connectivity index (χ3n) is 2.08. The number of carbonyl (C=O) groups excluding carboxylic acids is 1. The number of hydrogen-bond donors (Lipinski definition) is 2. The fraction of sp³-hybridized carbons (Fsp3) is 0.909. The molecule has 0 aliphatic heterocycles. The van der Waals surface area contributed by atoms with Crippen molar-refractivity contribution < 1.29 is 9.90 Å². The monoisotopic (exact) mass is 216 g/mol. The Kier molecular flexibility index (Phi) is 6.52. The third kappa shape index (κ3) is 8.39. The number of nitrogens with one attached hydrogen (secondary N) is 1. The highest BCUT2D eigenvalue weighted by atomic mass is 16.3. The van der Waals surface area contributed by atoms with E-state index in [1.54, 1.807) is 6.92 Å². The van der Waals surface area contributed by atoms with Gasteiger partial charge in [0.1, 0.15) is 0 Å². The first kappa shape index (κ1) is 14.4. The highest BCUT2D eigenvalue weighted by Gasteiger charge is 2.21. The summed E-state index contributed by atoms with van der Waals surface area (Å²) in [4.78, 5) is 13.2. The maximum Gasteiger partial charge on any atom is 0.220 e. The largest absolute Gasteiger partial charge is 0.387 e. The van der Waals surface area contributed by atoms with Crippen molar-refractivity contribution in [3.63, 3.8) is 0 Å². The van der Waals surface area contributed by atoms with Gasteiger partial charge in [0.25, 0.3) is 0 Å². The fourth-order valence-electron chi connectivity index (χ4n) is 1.45. The molecule has 4 heteroatoms. The molecule has 2 N–H and O–H groups in total. The predicted octanol–water partition coefficient (Wildman–Crippen LogP) is 0.605. The Bertz CT molecular complexity index is 191. The van der Waals surface area contributed by atoms with Crippen LogP contribution in [0.5, 0.6) is 0 Å². The van der Waals surface area contributed by atoms with Gasteiger partial charge in [-0.3, -0.25) is 4.79 Å². The molecule has 15 heavy (non-hydrogen) atoms. The lowest BCUT2D eigenvalue weighted by atomic mass is 10.1. The molecule has 0 fully saturated rings. The van der Waals surface area contributed by atoms with E-state index < -0.39 is 5.60 Å². The summed E-state index contributed by atoms with van der Waals surface area (Å²) < 4.78 is 0. The highest BCUT2D eigenvalue weighted by Crippen LogP contribution is 2.03. The van der Waals surface area contributed by atoms with Gasteiger partial charge in [-0.15, -0.1) is 0 Å². The molecule has 0 saturated heterocycles. The second-order valence-electron chi connectivity index (χ2n) is 4.62. The van der Waals surface area contributed by atoms with Crippen LogP contribution in [0.25, 0.3) is 0 Å². The fourth-order valence-corrected chi connectivity index (χ4v) is 1.45. The molecule has 0 aromatic rings. The van der Waals surface area contributed by atoms with Crippen molar-refractivity contribution in [1.82, 2.24) is 10.2 Å². The van der Waals surface area contributed by atoms with Gasteiger partial charge < -0.3 is 15.3 Å². The molecule has 1 unspecified atom stereocenters. The van der Waals surface area contributed by atoms with Crippen LogP contribution >= 0.6 is 0 Å². The summed E-state index contributed by atoms with van der Waals surface area (Å²) in [6.45, 7) is 4.64. The lowest BCUT2D eigenvalue weighted by Crippen LogP contribution is -2.47. The van der Waals surface area contributed by atoms with Crippen molar-refractivity contribution >= 4 is 5.91 Å². The van der Waals surface area contributed by atoms with E-state index in [1.807, 2.05) is 19.0 Å². The minimum absolute atomic E-state index is 0.0240. The van der Waals surface area contributed by atoms with Crippen LogP contribution < -0.4 is 5.32 Å². The topological polar surface area (TPSA) is 52.6 Å². The van der Waals surface area contributed by atoms with E-state index in [0.29, 0.717) is 19.5 Å². The Morgan fingerprint density at radius 1 is 1.47 bits per heavy atom. The predicted molar refractivity (Wildman–Crippen MR) is 61.7 cm³/mol. The van der Waals surface area contributed by atoms with Crippen molar-refractivity contribution in [3.8, 4) is 0 Å². The maximum atomic E-state index is 11.3. The number of aliphatic hydroxyl groups is 1. The number of amides is 1. The van der Waals surface area contributed by atoms with Crippen LogP contribution in [-0.2, 0) is 4.79 Å².